The number of rotatable bonds is 4. The smallest absolute Gasteiger partial charge is 0.246 e. The standard InChI is InChI=1S/C20H22N2O3/c1-13(21-16-6-5-14-3-2-4-15(14)11-16)20(23)22-17-7-8-18-19(12-17)25-10-9-24-18/h5-8,11-13,21H,2-4,9-10H2,1H3,(H,22,23). The molecule has 0 fully saturated rings. The van der Waals surface area contributed by atoms with Crippen LogP contribution in [-0.4, -0.2) is 25.2 Å². The molecule has 2 aliphatic rings. The Kier molecular flexibility index (Phi) is 4.22. The van der Waals surface area contributed by atoms with Crippen LogP contribution in [0.2, 0.25) is 0 Å². The predicted molar refractivity (Wildman–Crippen MR) is 97.6 cm³/mol. The summed E-state index contributed by atoms with van der Waals surface area (Å²) in [5.74, 6) is 1.30. The van der Waals surface area contributed by atoms with Crippen LogP contribution in [0.4, 0.5) is 11.4 Å². The SMILES string of the molecule is CC(Nc1ccc2c(c1)CCC2)C(=O)Nc1ccc2c(c1)OCCO2. The molecule has 0 saturated carbocycles. The normalized spacial score (nSPS) is 16.0. The van der Waals surface area contributed by atoms with Crippen LogP contribution in [-0.2, 0) is 17.6 Å². The molecule has 130 valence electrons. The number of ether oxygens (including phenoxy) is 2. The zero-order valence-electron chi connectivity index (χ0n) is 14.3. The molecular weight excluding hydrogens is 316 g/mol. The van der Waals surface area contributed by atoms with E-state index in [9.17, 15) is 4.79 Å². The Labute approximate surface area is 147 Å². The Morgan fingerprint density at radius 3 is 2.60 bits per heavy atom. The van der Waals surface area contributed by atoms with E-state index in [-0.39, 0.29) is 11.9 Å². The highest BCUT2D eigenvalue weighted by molar-refractivity contribution is 5.96. The number of anilines is 2. The molecular formula is C20H22N2O3. The third-order valence-electron chi connectivity index (χ3n) is 4.68. The van der Waals surface area contributed by atoms with Gasteiger partial charge in [0, 0.05) is 17.4 Å². The van der Waals surface area contributed by atoms with Gasteiger partial charge in [0.25, 0.3) is 0 Å². The maximum absolute atomic E-state index is 12.5. The molecule has 1 amide bonds. The summed E-state index contributed by atoms with van der Waals surface area (Å²) in [5, 5.41) is 6.21. The van der Waals surface area contributed by atoms with E-state index >= 15 is 0 Å². The van der Waals surface area contributed by atoms with Gasteiger partial charge in [-0.25, -0.2) is 0 Å². The van der Waals surface area contributed by atoms with E-state index in [1.807, 2.05) is 19.1 Å². The fraction of sp³-hybridized carbons (Fsp3) is 0.350. The first-order valence-electron chi connectivity index (χ1n) is 8.78. The maximum Gasteiger partial charge on any atom is 0.246 e. The molecule has 0 radical (unpaired) electrons. The van der Waals surface area contributed by atoms with Crippen LogP contribution in [0.3, 0.4) is 0 Å². The Morgan fingerprint density at radius 1 is 0.960 bits per heavy atom. The third-order valence-corrected chi connectivity index (χ3v) is 4.68. The van der Waals surface area contributed by atoms with Crippen molar-refractivity contribution in [1.29, 1.82) is 0 Å². The molecule has 2 aromatic carbocycles. The highest BCUT2D eigenvalue weighted by atomic mass is 16.6. The molecule has 1 heterocycles. The van der Waals surface area contributed by atoms with Crippen LogP contribution in [0.5, 0.6) is 11.5 Å². The first-order valence-corrected chi connectivity index (χ1v) is 8.78. The minimum absolute atomic E-state index is 0.0859. The van der Waals surface area contributed by atoms with Gasteiger partial charge in [0.2, 0.25) is 5.91 Å². The van der Waals surface area contributed by atoms with Crippen LogP contribution in [0.15, 0.2) is 36.4 Å². The first kappa shape index (κ1) is 15.8. The zero-order chi connectivity index (χ0) is 17.2. The number of nitrogens with one attached hydrogen (secondary N) is 2. The molecule has 25 heavy (non-hydrogen) atoms. The second-order valence-electron chi connectivity index (χ2n) is 6.55. The minimum atomic E-state index is -0.340. The fourth-order valence-electron chi connectivity index (χ4n) is 3.35. The fourth-order valence-corrected chi connectivity index (χ4v) is 3.35. The Hall–Kier alpha value is -2.69. The van der Waals surface area contributed by atoms with Gasteiger partial charge in [-0.1, -0.05) is 6.07 Å². The average molecular weight is 338 g/mol. The van der Waals surface area contributed by atoms with E-state index in [1.165, 1.54) is 17.5 Å². The largest absolute Gasteiger partial charge is 0.486 e. The van der Waals surface area contributed by atoms with Crippen LogP contribution in [0.1, 0.15) is 24.5 Å². The first-order chi connectivity index (χ1) is 12.2. The second-order valence-corrected chi connectivity index (χ2v) is 6.55. The molecule has 1 aliphatic carbocycles. The number of hydrogen-bond acceptors (Lipinski definition) is 4. The molecule has 0 aromatic heterocycles. The zero-order valence-corrected chi connectivity index (χ0v) is 14.3. The van der Waals surface area contributed by atoms with E-state index in [2.05, 4.69) is 28.8 Å². The Balaban J connectivity index is 1.40. The van der Waals surface area contributed by atoms with E-state index in [1.54, 1.807) is 6.07 Å². The summed E-state index contributed by atoms with van der Waals surface area (Å²) in [4.78, 5) is 12.5. The van der Waals surface area contributed by atoms with Gasteiger partial charge in [0.1, 0.15) is 19.3 Å². The van der Waals surface area contributed by atoms with E-state index < -0.39 is 0 Å². The highest BCUT2D eigenvalue weighted by Gasteiger charge is 2.17. The van der Waals surface area contributed by atoms with Crippen molar-refractivity contribution in [3.8, 4) is 11.5 Å². The summed E-state index contributed by atoms with van der Waals surface area (Å²) >= 11 is 0. The Bertz CT molecular complexity index is 804. The molecule has 0 bridgehead atoms. The summed E-state index contributed by atoms with van der Waals surface area (Å²) < 4.78 is 11.0. The summed E-state index contributed by atoms with van der Waals surface area (Å²) in [6.45, 7) is 2.95. The molecule has 1 aliphatic heterocycles. The van der Waals surface area contributed by atoms with E-state index in [4.69, 9.17) is 9.47 Å². The van der Waals surface area contributed by atoms with Crippen molar-refractivity contribution in [1.82, 2.24) is 0 Å². The monoisotopic (exact) mass is 338 g/mol. The number of carbonyl (C=O) groups is 1. The third kappa shape index (κ3) is 3.40. The van der Waals surface area contributed by atoms with Crippen molar-refractivity contribution in [2.75, 3.05) is 23.8 Å². The van der Waals surface area contributed by atoms with Crippen molar-refractivity contribution >= 4 is 17.3 Å². The van der Waals surface area contributed by atoms with Crippen molar-refractivity contribution in [3.05, 3.63) is 47.5 Å². The number of benzene rings is 2. The molecule has 1 unspecified atom stereocenters. The predicted octanol–water partition coefficient (Wildman–Crippen LogP) is 3.39. The lowest BCUT2D eigenvalue weighted by atomic mass is 10.1. The van der Waals surface area contributed by atoms with Gasteiger partial charge in [0.05, 0.1) is 0 Å². The van der Waals surface area contributed by atoms with Gasteiger partial charge < -0.3 is 20.1 Å². The van der Waals surface area contributed by atoms with Crippen LogP contribution in [0.25, 0.3) is 0 Å². The number of carbonyl (C=O) groups excluding carboxylic acids is 1. The van der Waals surface area contributed by atoms with Gasteiger partial charge in [-0.15, -0.1) is 0 Å². The van der Waals surface area contributed by atoms with E-state index in [0.29, 0.717) is 30.4 Å². The second kappa shape index (κ2) is 6.67. The summed E-state index contributed by atoms with van der Waals surface area (Å²) in [6.07, 6.45) is 3.51. The lowest BCUT2D eigenvalue weighted by Crippen LogP contribution is -2.32. The minimum Gasteiger partial charge on any atom is -0.486 e. The molecule has 4 rings (SSSR count). The average Bonchev–Trinajstić information content (AvgIpc) is 3.09. The molecule has 0 saturated heterocycles. The van der Waals surface area contributed by atoms with Gasteiger partial charge >= 0.3 is 0 Å². The van der Waals surface area contributed by atoms with Crippen molar-refractivity contribution in [2.45, 2.75) is 32.2 Å². The quantitative estimate of drug-likeness (QED) is 0.897. The topological polar surface area (TPSA) is 59.6 Å². The number of amides is 1. The Morgan fingerprint density at radius 2 is 1.72 bits per heavy atom. The highest BCUT2D eigenvalue weighted by Crippen LogP contribution is 2.32. The molecule has 1 atom stereocenters. The molecule has 5 nitrogen and oxygen atoms in total. The lowest BCUT2D eigenvalue weighted by molar-refractivity contribution is -0.116. The van der Waals surface area contributed by atoms with Gasteiger partial charge in [-0.05, 0) is 61.6 Å². The van der Waals surface area contributed by atoms with Gasteiger partial charge in [-0.2, -0.15) is 0 Å². The summed E-state index contributed by atoms with van der Waals surface area (Å²) in [6, 6.07) is 11.5. The molecule has 5 heteroatoms. The number of hydrogen-bond donors (Lipinski definition) is 2. The lowest BCUT2D eigenvalue weighted by Gasteiger charge is -2.20. The van der Waals surface area contributed by atoms with Gasteiger partial charge in [-0.3, -0.25) is 4.79 Å². The molecule has 2 N–H and O–H groups in total. The van der Waals surface area contributed by atoms with Crippen molar-refractivity contribution in [2.24, 2.45) is 0 Å². The molecule has 2 aromatic rings. The van der Waals surface area contributed by atoms with Crippen LogP contribution >= 0.6 is 0 Å². The number of fused-ring (bicyclic) bond motifs is 2. The van der Waals surface area contributed by atoms with Crippen molar-refractivity contribution < 1.29 is 14.3 Å². The number of aryl methyl sites for hydroxylation is 2. The summed E-state index contributed by atoms with van der Waals surface area (Å²) in [7, 11) is 0. The summed E-state index contributed by atoms with van der Waals surface area (Å²) in [5.41, 5.74) is 4.52. The van der Waals surface area contributed by atoms with Crippen molar-refractivity contribution in [3.63, 3.8) is 0 Å². The maximum atomic E-state index is 12.5. The molecule has 0 spiro atoms. The van der Waals surface area contributed by atoms with Gasteiger partial charge in [0.15, 0.2) is 11.5 Å². The van der Waals surface area contributed by atoms with Crippen LogP contribution in [0, 0.1) is 0 Å². The van der Waals surface area contributed by atoms with E-state index in [0.717, 1.165) is 18.5 Å². The van der Waals surface area contributed by atoms with Crippen LogP contribution < -0.4 is 20.1 Å².